The second kappa shape index (κ2) is 10.1. The van der Waals surface area contributed by atoms with Crippen LogP contribution in [0.25, 0.3) is 11.3 Å². The third-order valence-corrected chi connectivity index (χ3v) is 7.38. The number of hydrogen-bond donors (Lipinski definition) is 2. The van der Waals surface area contributed by atoms with Gasteiger partial charge in [-0.05, 0) is 19.1 Å². The second-order valence-corrected chi connectivity index (χ2v) is 10.7. The fourth-order valence-electron chi connectivity index (χ4n) is 2.76. The average molecular weight is 476 g/mol. The Labute approximate surface area is 189 Å². The number of aromatic nitrogens is 1. The summed E-state index contributed by atoms with van der Waals surface area (Å²) in [6.45, 7) is 2.40. The molecule has 0 spiro atoms. The molecule has 10 heteroatoms. The summed E-state index contributed by atoms with van der Waals surface area (Å²) in [6.07, 6.45) is 1.07. The molecule has 1 aromatic heterocycles. The molecule has 0 radical (unpaired) electrons. The van der Waals surface area contributed by atoms with Gasteiger partial charge < -0.3 is 10.6 Å². The van der Waals surface area contributed by atoms with E-state index in [1.807, 2.05) is 37.3 Å². The van der Waals surface area contributed by atoms with Crippen molar-refractivity contribution in [1.29, 1.82) is 0 Å². The maximum Gasteiger partial charge on any atom is 0.257 e. The number of carbonyl (C=O) groups excluding carboxylic acids is 2. The SMILES string of the molecule is CCNC(=O)CSc1nc(-c2ccccc2)c(NC(=O)c2ccccc2S(C)(=O)=O)s1. The smallest absolute Gasteiger partial charge is 0.257 e. The molecule has 0 unspecified atom stereocenters. The van der Waals surface area contributed by atoms with Crippen molar-refractivity contribution in [1.82, 2.24) is 10.3 Å². The lowest BCUT2D eigenvalue weighted by Crippen LogP contribution is -2.24. The minimum atomic E-state index is -3.57. The van der Waals surface area contributed by atoms with Gasteiger partial charge in [-0.2, -0.15) is 0 Å². The highest BCUT2D eigenvalue weighted by atomic mass is 32.2. The van der Waals surface area contributed by atoms with Crippen molar-refractivity contribution in [3.8, 4) is 11.3 Å². The summed E-state index contributed by atoms with van der Waals surface area (Å²) in [5.74, 6) is -0.432. The number of nitrogens with one attached hydrogen (secondary N) is 2. The molecule has 0 saturated carbocycles. The zero-order valence-corrected chi connectivity index (χ0v) is 19.4. The molecule has 31 heavy (non-hydrogen) atoms. The number of anilines is 1. The Bertz CT molecular complexity index is 1190. The largest absolute Gasteiger partial charge is 0.356 e. The summed E-state index contributed by atoms with van der Waals surface area (Å²) < 4.78 is 24.8. The van der Waals surface area contributed by atoms with Gasteiger partial charge in [-0.15, -0.1) is 0 Å². The van der Waals surface area contributed by atoms with Gasteiger partial charge in [-0.25, -0.2) is 13.4 Å². The van der Waals surface area contributed by atoms with Crippen LogP contribution in [-0.2, 0) is 14.6 Å². The normalized spacial score (nSPS) is 11.2. The van der Waals surface area contributed by atoms with Gasteiger partial charge in [0.25, 0.3) is 5.91 Å². The quantitative estimate of drug-likeness (QED) is 0.482. The average Bonchev–Trinajstić information content (AvgIpc) is 3.15. The van der Waals surface area contributed by atoms with E-state index in [1.165, 1.54) is 35.2 Å². The van der Waals surface area contributed by atoms with E-state index in [0.29, 0.717) is 21.6 Å². The molecule has 3 aromatic rings. The Hall–Kier alpha value is -2.69. The van der Waals surface area contributed by atoms with Crippen LogP contribution in [0.15, 0.2) is 63.8 Å². The molecule has 7 nitrogen and oxygen atoms in total. The van der Waals surface area contributed by atoms with Crippen LogP contribution >= 0.6 is 23.1 Å². The van der Waals surface area contributed by atoms with Gasteiger partial charge in [0.1, 0.15) is 10.7 Å². The predicted molar refractivity (Wildman–Crippen MR) is 124 cm³/mol. The molecule has 0 atom stereocenters. The fourth-order valence-corrected chi connectivity index (χ4v) is 5.54. The molecule has 2 amide bonds. The van der Waals surface area contributed by atoms with Crippen molar-refractivity contribution in [2.45, 2.75) is 16.2 Å². The van der Waals surface area contributed by atoms with E-state index in [0.717, 1.165) is 11.8 Å². The Kier molecular flexibility index (Phi) is 7.47. The summed E-state index contributed by atoms with van der Waals surface area (Å²) in [5, 5.41) is 6.03. The van der Waals surface area contributed by atoms with Crippen molar-refractivity contribution in [2.75, 3.05) is 23.9 Å². The molecule has 162 valence electrons. The van der Waals surface area contributed by atoms with Gasteiger partial charge in [0, 0.05) is 18.4 Å². The summed E-state index contributed by atoms with van der Waals surface area (Å²) in [6, 6.07) is 15.4. The van der Waals surface area contributed by atoms with E-state index < -0.39 is 15.7 Å². The Morgan fingerprint density at radius 3 is 2.42 bits per heavy atom. The summed E-state index contributed by atoms with van der Waals surface area (Å²) in [5.41, 5.74) is 1.43. The van der Waals surface area contributed by atoms with Gasteiger partial charge in [-0.3, -0.25) is 9.59 Å². The van der Waals surface area contributed by atoms with Gasteiger partial charge in [0.05, 0.1) is 16.2 Å². The molecule has 0 aliphatic heterocycles. The van der Waals surface area contributed by atoms with E-state index in [-0.39, 0.29) is 22.1 Å². The summed E-state index contributed by atoms with van der Waals surface area (Å²) in [4.78, 5) is 29.3. The molecule has 0 saturated heterocycles. The number of amides is 2. The molecule has 3 rings (SSSR count). The number of thioether (sulfide) groups is 1. The lowest BCUT2D eigenvalue weighted by Gasteiger charge is -2.09. The monoisotopic (exact) mass is 475 g/mol. The first kappa shape index (κ1) is 23.0. The van der Waals surface area contributed by atoms with Crippen LogP contribution in [0, 0.1) is 0 Å². The third kappa shape index (κ3) is 5.93. The Morgan fingerprint density at radius 2 is 1.74 bits per heavy atom. The number of rotatable bonds is 8. The first-order chi connectivity index (χ1) is 14.8. The van der Waals surface area contributed by atoms with Crippen molar-refractivity contribution in [2.24, 2.45) is 0 Å². The van der Waals surface area contributed by atoms with Crippen LogP contribution in [0.4, 0.5) is 5.00 Å². The van der Waals surface area contributed by atoms with Crippen LogP contribution in [0.1, 0.15) is 17.3 Å². The van der Waals surface area contributed by atoms with E-state index in [1.54, 1.807) is 12.1 Å². The minimum Gasteiger partial charge on any atom is -0.356 e. The molecule has 0 fully saturated rings. The first-order valence-electron chi connectivity index (χ1n) is 9.35. The van der Waals surface area contributed by atoms with Crippen molar-refractivity contribution >= 4 is 49.8 Å². The molecule has 0 bridgehead atoms. The predicted octanol–water partition coefficient (Wildman–Crippen LogP) is 3.69. The van der Waals surface area contributed by atoms with Gasteiger partial charge in [0.2, 0.25) is 5.91 Å². The van der Waals surface area contributed by atoms with Crippen molar-refractivity contribution in [3.05, 3.63) is 60.2 Å². The van der Waals surface area contributed by atoms with Gasteiger partial charge in [0.15, 0.2) is 14.2 Å². The highest BCUT2D eigenvalue weighted by molar-refractivity contribution is 8.01. The van der Waals surface area contributed by atoms with Crippen LogP contribution in [0.3, 0.4) is 0 Å². The molecule has 0 aliphatic rings. The fraction of sp³-hybridized carbons (Fsp3) is 0.190. The number of sulfone groups is 1. The maximum absolute atomic E-state index is 13.0. The molecular weight excluding hydrogens is 454 g/mol. The lowest BCUT2D eigenvalue weighted by atomic mass is 10.1. The highest BCUT2D eigenvalue weighted by Crippen LogP contribution is 2.38. The first-order valence-corrected chi connectivity index (χ1v) is 13.0. The lowest BCUT2D eigenvalue weighted by molar-refractivity contribution is -0.118. The molecule has 2 aromatic carbocycles. The van der Waals surface area contributed by atoms with Crippen LogP contribution in [0.2, 0.25) is 0 Å². The van der Waals surface area contributed by atoms with Gasteiger partial charge in [-0.1, -0.05) is 65.6 Å². The summed E-state index contributed by atoms with van der Waals surface area (Å²) in [7, 11) is -3.57. The molecule has 2 N–H and O–H groups in total. The Morgan fingerprint density at radius 1 is 1.06 bits per heavy atom. The third-order valence-electron chi connectivity index (χ3n) is 4.11. The Balaban J connectivity index is 1.93. The van der Waals surface area contributed by atoms with Crippen molar-refractivity contribution < 1.29 is 18.0 Å². The minimum absolute atomic E-state index is 0.0379. The van der Waals surface area contributed by atoms with E-state index in [9.17, 15) is 18.0 Å². The zero-order chi connectivity index (χ0) is 22.4. The van der Waals surface area contributed by atoms with Crippen LogP contribution < -0.4 is 10.6 Å². The number of hydrogen-bond acceptors (Lipinski definition) is 7. The second-order valence-electron chi connectivity index (χ2n) is 6.49. The number of carbonyl (C=O) groups is 2. The molecule has 0 aliphatic carbocycles. The van der Waals surface area contributed by atoms with E-state index >= 15 is 0 Å². The van der Waals surface area contributed by atoms with Gasteiger partial charge >= 0.3 is 0 Å². The van der Waals surface area contributed by atoms with Crippen LogP contribution in [-0.4, -0.2) is 43.8 Å². The maximum atomic E-state index is 13.0. The number of nitrogens with zero attached hydrogens (tertiary/aromatic N) is 1. The standard InChI is InChI=1S/C21H21N3O4S3/c1-3-22-17(25)13-29-21-23-18(14-9-5-4-6-10-14)20(30-21)24-19(26)15-11-7-8-12-16(15)31(2,27)28/h4-12H,3,13H2,1-2H3,(H,22,25)(H,24,26). The topological polar surface area (TPSA) is 105 Å². The molecule has 1 heterocycles. The van der Waals surface area contributed by atoms with E-state index in [2.05, 4.69) is 15.6 Å². The van der Waals surface area contributed by atoms with Crippen LogP contribution in [0.5, 0.6) is 0 Å². The van der Waals surface area contributed by atoms with Crippen molar-refractivity contribution in [3.63, 3.8) is 0 Å². The summed E-state index contributed by atoms with van der Waals surface area (Å²) >= 11 is 2.52. The van der Waals surface area contributed by atoms with E-state index in [4.69, 9.17) is 0 Å². The number of benzene rings is 2. The highest BCUT2D eigenvalue weighted by Gasteiger charge is 2.21. The zero-order valence-electron chi connectivity index (χ0n) is 16.9. The molecular formula is C21H21N3O4S3. The number of thiazole rings is 1.